The van der Waals surface area contributed by atoms with Gasteiger partial charge in [-0.25, -0.2) is 0 Å². The van der Waals surface area contributed by atoms with Gasteiger partial charge in [0.1, 0.15) is 0 Å². The fourth-order valence-corrected chi connectivity index (χ4v) is 1.55. The molecule has 0 amide bonds. The van der Waals surface area contributed by atoms with Crippen LogP contribution in [0.25, 0.3) is 0 Å². The number of pyridine rings is 1. The fourth-order valence-electron chi connectivity index (χ4n) is 1.55. The van der Waals surface area contributed by atoms with E-state index in [4.69, 9.17) is 0 Å². The van der Waals surface area contributed by atoms with E-state index in [1.54, 1.807) is 0 Å². The lowest BCUT2D eigenvalue weighted by molar-refractivity contribution is 0.376. The molecular formula is C11H19N3O2. The Morgan fingerprint density at radius 2 is 1.75 bits per heavy atom. The van der Waals surface area contributed by atoms with Gasteiger partial charge >= 0.3 is 0 Å². The van der Waals surface area contributed by atoms with E-state index < -0.39 is 5.56 Å². The lowest BCUT2D eigenvalue weighted by Crippen LogP contribution is -2.19. The number of hydrogen-bond donors (Lipinski definition) is 2. The zero-order valence-corrected chi connectivity index (χ0v) is 10.2. The maximum atomic E-state index is 11.5. The SMILES string of the molecule is CN(C)Cc1cc(CN(C)C)c(O)c(=O)[nH]1. The number of H-pyrrole nitrogens is 1. The molecule has 0 aromatic carbocycles. The Morgan fingerprint density at radius 1 is 1.19 bits per heavy atom. The molecule has 1 aromatic heterocycles. The molecule has 90 valence electrons. The van der Waals surface area contributed by atoms with Gasteiger partial charge in [-0.15, -0.1) is 0 Å². The second kappa shape index (κ2) is 5.14. The van der Waals surface area contributed by atoms with Crippen molar-refractivity contribution in [2.24, 2.45) is 0 Å². The molecule has 0 atom stereocenters. The van der Waals surface area contributed by atoms with Crippen LogP contribution in [0.2, 0.25) is 0 Å². The molecule has 0 saturated carbocycles. The minimum Gasteiger partial charge on any atom is -0.503 e. The molecule has 0 spiro atoms. The number of rotatable bonds is 4. The first-order valence-electron chi connectivity index (χ1n) is 5.13. The third kappa shape index (κ3) is 3.36. The van der Waals surface area contributed by atoms with Crippen LogP contribution in [0.4, 0.5) is 0 Å². The van der Waals surface area contributed by atoms with E-state index in [0.29, 0.717) is 18.7 Å². The van der Waals surface area contributed by atoms with Gasteiger partial charge in [-0.2, -0.15) is 0 Å². The number of hydrogen-bond acceptors (Lipinski definition) is 4. The normalized spacial score (nSPS) is 11.4. The van der Waals surface area contributed by atoms with E-state index in [9.17, 15) is 9.90 Å². The molecule has 1 heterocycles. The second-order valence-electron chi connectivity index (χ2n) is 4.47. The highest BCUT2D eigenvalue weighted by Gasteiger charge is 2.09. The molecule has 1 aromatic rings. The Morgan fingerprint density at radius 3 is 2.25 bits per heavy atom. The van der Waals surface area contributed by atoms with Gasteiger partial charge in [0.05, 0.1) is 0 Å². The minimum atomic E-state index is -0.420. The van der Waals surface area contributed by atoms with Crippen LogP contribution in [0.3, 0.4) is 0 Å². The molecule has 0 bridgehead atoms. The van der Waals surface area contributed by atoms with Crippen LogP contribution in [0.5, 0.6) is 5.75 Å². The molecule has 1 rings (SSSR count). The zero-order chi connectivity index (χ0) is 12.3. The average Bonchev–Trinajstić information content (AvgIpc) is 2.11. The van der Waals surface area contributed by atoms with Crippen molar-refractivity contribution < 1.29 is 5.11 Å². The summed E-state index contributed by atoms with van der Waals surface area (Å²) >= 11 is 0. The highest BCUT2D eigenvalue weighted by atomic mass is 16.3. The summed E-state index contributed by atoms with van der Waals surface area (Å²) in [6, 6.07) is 1.83. The van der Waals surface area contributed by atoms with E-state index in [0.717, 1.165) is 5.69 Å². The standard InChI is InChI=1S/C11H19N3O2/c1-13(2)6-8-5-9(7-14(3)4)12-11(16)10(8)15/h5,15H,6-7H2,1-4H3,(H,12,16). The van der Waals surface area contributed by atoms with Crippen molar-refractivity contribution >= 4 is 0 Å². The molecule has 0 aliphatic rings. The number of nitrogens with one attached hydrogen (secondary N) is 1. The Hall–Kier alpha value is -1.33. The molecular weight excluding hydrogens is 206 g/mol. The summed E-state index contributed by atoms with van der Waals surface area (Å²) in [5.41, 5.74) is 1.05. The van der Waals surface area contributed by atoms with Crippen LogP contribution in [0.15, 0.2) is 10.9 Å². The van der Waals surface area contributed by atoms with Gasteiger partial charge in [-0.1, -0.05) is 0 Å². The average molecular weight is 225 g/mol. The van der Waals surface area contributed by atoms with E-state index in [1.165, 1.54) is 0 Å². The van der Waals surface area contributed by atoms with E-state index in [-0.39, 0.29) is 5.75 Å². The predicted octanol–water partition coefficient (Wildman–Crippen LogP) is 0.204. The van der Waals surface area contributed by atoms with Crippen LogP contribution in [-0.2, 0) is 13.1 Å². The van der Waals surface area contributed by atoms with Crippen molar-refractivity contribution in [1.82, 2.24) is 14.8 Å². The highest BCUT2D eigenvalue weighted by molar-refractivity contribution is 5.31. The van der Waals surface area contributed by atoms with Crippen molar-refractivity contribution in [3.8, 4) is 5.75 Å². The zero-order valence-electron chi connectivity index (χ0n) is 10.2. The molecule has 16 heavy (non-hydrogen) atoms. The largest absolute Gasteiger partial charge is 0.503 e. The summed E-state index contributed by atoms with van der Waals surface area (Å²) in [4.78, 5) is 18.0. The fraction of sp³-hybridized carbons (Fsp3) is 0.545. The smallest absolute Gasteiger partial charge is 0.290 e. The van der Waals surface area contributed by atoms with Crippen molar-refractivity contribution in [2.75, 3.05) is 28.2 Å². The van der Waals surface area contributed by atoms with E-state index in [2.05, 4.69) is 4.98 Å². The molecule has 5 heteroatoms. The van der Waals surface area contributed by atoms with Crippen molar-refractivity contribution in [2.45, 2.75) is 13.1 Å². The molecule has 2 N–H and O–H groups in total. The monoisotopic (exact) mass is 225 g/mol. The first kappa shape index (κ1) is 12.7. The number of aromatic amines is 1. The Bertz CT molecular complexity index is 410. The first-order valence-corrected chi connectivity index (χ1v) is 5.13. The number of aromatic hydroxyl groups is 1. The maximum absolute atomic E-state index is 11.5. The summed E-state index contributed by atoms with van der Waals surface area (Å²) in [5.74, 6) is -0.184. The van der Waals surface area contributed by atoms with Crippen LogP contribution < -0.4 is 5.56 Å². The molecule has 0 radical (unpaired) electrons. The van der Waals surface area contributed by atoms with Crippen LogP contribution in [0, 0.1) is 0 Å². The van der Waals surface area contributed by atoms with E-state index in [1.807, 2.05) is 44.1 Å². The van der Waals surface area contributed by atoms with Gasteiger partial charge in [-0.05, 0) is 34.3 Å². The number of nitrogens with zero attached hydrogens (tertiary/aromatic N) is 2. The second-order valence-corrected chi connectivity index (χ2v) is 4.47. The van der Waals surface area contributed by atoms with Crippen molar-refractivity contribution in [3.05, 3.63) is 27.7 Å². The lowest BCUT2D eigenvalue weighted by atomic mass is 10.2. The Labute approximate surface area is 95.3 Å². The Kier molecular flexibility index (Phi) is 4.09. The van der Waals surface area contributed by atoms with Gasteiger partial charge < -0.3 is 19.9 Å². The Balaban J connectivity index is 3.07. The van der Waals surface area contributed by atoms with Gasteiger partial charge in [0.2, 0.25) is 0 Å². The third-order valence-corrected chi connectivity index (χ3v) is 2.11. The quantitative estimate of drug-likeness (QED) is 0.768. The molecule has 0 aliphatic carbocycles. The van der Waals surface area contributed by atoms with Crippen LogP contribution in [-0.4, -0.2) is 48.1 Å². The summed E-state index contributed by atoms with van der Waals surface area (Å²) in [6.45, 7) is 1.20. The van der Waals surface area contributed by atoms with Crippen molar-refractivity contribution in [3.63, 3.8) is 0 Å². The van der Waals surface area contributed by atoms with E-state index >= 15 is 0 Å². The third-order valence-electron chi connectivity index (χ3n) is 2.11. The first-order chi connectivity index (χ1) is 7.40. The van der Waals surface area contributed by atoms with Gasteiger partial charge in [0, 0.05) is 24.3 Å². The molecule has 0 aliphatic heterocycles. The maximum Gasteiger partial charge on any atom is 0.290 e. The molecule has 5 nitrogen and oxygen atoms in total. The van der Waals surface area contributed by atoms with Gasteiger partial charge in [0.15, 0.2) is 5.75 Å². The molecule has 0 fully saturated rings. The summed E-state index contributed by atoms with van der Waals surface area (Å²) in [7, 11) is 7.64. The minimum absolute atomic E-state index is 0.184. The molecule has 0 unspecified atom stereocenters. The molecule has 0 saturated heterocycles. The van der Waals surface area contributed by atoms with Gasteiger partial charge in [-0.3, -0.25) is 4.79 Å². The van der Waals surface area contributed by atoms with Crippen molar-refractivity contribution in [1.29, 1.82) is 0 Å². The lowest BCUT2D eigenvalue weighted by Gasteiger charge is -2.14. The summed E-state index contributed by atoms with van der Waals surface area (Å²) in [6.07, 6.45) is 0. The topological polar surface area (TPSA) is 59.6 Å². The summed E-state index contributed by atoms with van der Waals surface area (Å²) < 4.78 is 0. The van der Waals surface area contributed by atoms with Crippen LogP contribution in [0.1, 0.15) is 11.3 Å². The highest BCUT2D eigenvalue weighted by Crippen LogP contribution is 2.13. The predicted molar refractivity (Wildman–Crippen MR) is 63.5 cm³/mol. The van der Waals surface area contributed by atoms with Crippen LogP contribution >= 0.6 is 0 Å². The van der Waals surface area contributed by atoms with Gasteiger partial charge in [0.25, 0.3) is 5.56 Å². The number of aromatic nitrogens is 1. The summed E-state index contributed by atoms with van der Waals surface area (Å²) in [5, 5.41) is 9.62.